The van der Waals surface area contributed by atoms with Crippen LogP contribution in [0.3, 0.4) is 0 Å². The lowest BCUT2D eigenvalue weighted by molar-refractivity contribution is -0.130. The van der Waals surface area contributed by atoms with Crippen molar-refractivity contribution in [2.75, 3.05) is 39.3 Å². The molecule has 1 aliphatic rings. The monoisotopic (exact) mass is 478 g/mol. The second-order valence-corrected chi connectivity index (χ2v) is 8.89. The zero-order chi connectivity index (χ0) is 25.3. The average Bonchev–Trinajstić information content (AvgIpc) is 3.38. The first-order valence-electron chi connectivity index (χ1n) is 11.5. The molecule has 0 radical (unpaired) electrons. The van der Waals surface area contributed by atoms with Gasteiger partial charge in [0.15, 0.2) is 22.9 Å². The number of hydrogen-bond donors (Lipinski definition) is 1. The van der Waals surface area contributed by atoms with Gasteiger partial charge in [0.05, 0.1) is 31.4 Å². The number of carbonyl (C=O) groups excluding carboxylic acids is 2. The topological polar surface area (TPSA) is 92.5 Å². The third-order valence-electron chi connectivity index (χ3n) is 6.01. The van der Waals surface area contributed by atoms with Crippen molar-refractivity contribution in [3.05, 3.63) is 71.2 Å². The fourth-order valence-corrected chi connectivity index (χ4v) is 4.25. The summed E-state index contributed by atoms with van der Waals surface area (Å²) in [6, 6.07) is 13.7. The predicted octanol–water partition coefficient (Wildman–Crippen LogP) is 4.51. The molecule has 184 valence electrons. The van der Waals surface area contributed by atoms with Gasteiger partial charge in [-0.05, 0) is 43.7 Å². The lowest BCUT2D eigenvalue weighted by Gasteiger charge is -2.27. The molecule has 0 spiro atoms. The van der Waals surface area contributed by atoms with Crippen molar-refractivity contribution in [3.63, 3.8) is 0 Å². The van der Waals surface area contributed by atoms with Crippen molar-refractivity contribution in [3.8, 4) is 5.75 Å². The first kappa shape index (κ1) is 24.3. The molecule has 4 rings (SSSR count). The van der Waals surface area contributed by atoms with E-state index in [0.29, 0.717) is 22.3 Å². The second-order valence-electron chi connectivity index (χ2n) is 8.89. The van der Waals surface area contributed by atoms with E-state index in [4.69, 9.17) is 13.9 Å². The van der Waals surface area contributed by atoms with Gasteiger partial charge in [-0.15, -0.1) is 0 Å². The highest BCUT2D eigenvalue weighted by Crippen LogP contribution is 2.40. The maximum atomic E-state index is 13.7. The average molecular weight is 479 g/mol. The zero-order valence-corrected chi connectivity index (χ0v) is 20.6. The molecule has 0 saturated carbocycles. The van der Waals surface area contributed by atoms with Crippen LogP contribution in [0.5, 0.6) is 5.75 Å². The number of methoxy groups -OCH3 is 1. The van der Waals surface area contributed by atoms with Gasteiger partial charge in [-0.3, -0.25) is 9.59 Å². The zero-order valence-electron chi connectivity index (χ0n) is 20.6. The number of ketones is 1. The molecule has 8 nitrogen and oxygen atoms in total. The number of nitrogens with zero attached hydrogens (tertiary/aromatic N) is 2. The highest BCUT2D eigenvalue weighted by Gasteiger charge is 2.44. The van der Waals surface area contributed by atoms with E-state index in [1.54, 1.807) is 24.3 Å². The van der Waals surface area contributed by atoms with Gasteiger partial charge in [-0.2, -0.15) is 0 Å². The molecule has 2 aromatic carbocycles. The summed E-state index contributed by atoms with van der Waals surface area (Å²) >= 11 is 0. The van der Waals surface area contributed by atoms with Gasteiger partial charge in [0.2, 0.25) is 5.78 Å². The quantitative estimate of drug-likeness (QED) is 0.452. The number of anilines is 1. The molecule has 2 heterocycles. The number of aliphatic hydroxyl groups is 1. The fourth-order valence-electron chi connectivity index (χ4n) is 4.25. The Bertz CT molecular complexity index is 1270. The molecule has 1 amide bonds. The molecule has 0 saturated heterocycles. The van der Waals surface area contributed by atoms with Crippen molar-refractivity contribution in [2.45, 2.75) is 26.0 Å². The largest absolute Gasteiger partial charge is 0.503 e. The van der Waals surface area contributed by atoms with Gasteiger partial charge in [-0.1, -0.05) is 24.3 Å². The number of para-hydroxylation sites is 1. The molecular weight excluding hydrogens is 448 g/mol. The number of Topliss-reactive ketones (excluding diaryl/α,β-unsaturated/α-hetero) is 1. The Labute approximate surface area is 204 Å². The number of furan rings is 1. The number of benzene rings is 2. The minimum Gasteiger partial charge on any atom is -0.503 e. The minimum absolute atomic E-state index is 0.0151. The maximum absolute atomic E-state index is 13.7. The maximum Gasteiger partial charge on any atom is 0.290 e. The number of aliphatic hydroxyl groups excluding tert-OH is 1. The molecule has 1 N–H and O–H groups in total. The Morgan fingerprint density at radius 3 is 2.51 bits per heavy atom. The van der Waals surface area contributed by atoms with Crippen molar-refractivity contribution >= 4 is 28.3 Å². The third-order valence-corrected chi connectivity index (χ3v) is 6.01. The van der Waals surface area contributed by atoms with Crippen LogP contribution in [0.15, 0.2) is 64.3 Å². The molecule has 1 aliphatic heterocycles. The van der Waals surface area contributed by atoms with Gasteiger partial charge < -0.3 is 28.8 Å². The smallest absolute Gasteiger partial charge is 0.290 e. The molecule has 1 atom stereocenters. The van der Waals surface area contributed by atoms with Crippen LogP contribution in [0.1, 0.15) is 36.0 Å². The van der Waals surface area contributed by atoms with E-state index in [1.165, 1.54) is 12.0 Å². The molecule has 3 aromatic rings. The summed E-state index contributed by atoms with van der Waals surface area (Å²) in [6.07, 6.45) is -0.0151. The second kappa shape index (κ2) is 9.84. The van der Waals surface area contributed by atoms with Gasteiger partial charge in [0, 0.05) is 31.7 Å². The van der Waals surface area contributed by atoms with Crippen molar-refractivity contribution in [1.82, 2.24) is 4.90 Å². The summed E-state index contributed by atoms with van der Waals surface area (Å²) in [5.74, 6) is -1.23. The lowest BCUT2D eigenvalue weighted by atomic mass is 9.94. The fraction of sp³-hybridized carbons (Fsp3) is 0.333. The normalized spacial score (nSPS) is 16.0. The summed E-state index contributed by atoms with van der Waals surface area (Å²) in [5, 5.41) is 11.6. The van der Waals surface area contributed by atoms with Gasteiger partial charge in [-0.25, -0.2) is 0 Å². The van der Waals surface area contributed by atoms with Gasteiger partial charge >= 0.3 is 0 Å². The Hall–Kier alpha value is -3.78. The lowest BCUT2D eigenvalue weighted by Crippen LogP contribution is -2.34. The molecule has 0 bridgehead atoms. The first-order chi connectivity index (χ1) is 16.7. The van der Waals surface area contributed by atoms with Crippen LogP contribution in [0.25, 0.3) is 11.0 Å². The molecular formula is C27H30N2O6. The number of amides is 1. The number of ether oxygens (including phenoxy) is 2. The number of hydrogen-bond acceptors (Lipinski definition) is 7. The third kappa shape index (κ3) is 4.61. The summed E-state index contributed by atoms with van der Waals surface area (Å²) in [4.78, 5) is 30.2. The van der Waals surface area contributed by atoms with Crippen molar-refractivity contribution in [2.24, 2.45) is 0 Å². The summed E-state index contributed by atoms with van der Waals surface area (Å²) < 4.78 is 16.8. The molecule has 35 heavy (non-hydrogen) atoms. The molecule has 8 heteroatoms. The van der Waals surface area contributed by atoms with E-state index in [0.717, 1.165) is 5.69 Å². The summed E-state index contributed by atoms with van der Waals surface area (Å²) in [6.45, 7) is 4.30. The van der Waals surface area contributed by atoms with Crippen LogP contribution in [-0.4, -0.2) is 62.2 Å². The SMILES string of the molecule is COc1cccc2cc(C(=O)C3=C(O)C(=O)N(CCOC(C)C)C3c3ccc(N(C)C)cc3)oc12. The molecule has 0 aliphatic carbocycles. The van der Waals surface area contributed by atoms with E-state index in [-0.39, 0.29) is 30.6 Å². The van der Waals surface area contributed by atoms with Crippen LogP contribution in [-0.2, 0) is 9.53 Å². The highest BCUT2D eigenvalue weighted by atomic mass is 16.5. The van der Waals surface area contributed by atoms with Crippen LogP contribution < -0.4 is 9.64 Å². The van der Waals surface area contributed by atoms with Crippen LogP contribution in [0.4, 0.5) is 5.69 Å². The Balaban J connectivity index is 1.76. The summed E-state index contributed by atoms with van der Waals surface area (Å²) in [5.41, 5.74) is 2.08. The van der Waals surface area contributed by atoms with Gasteiger partial charge in [0.1, 0.15) is 0 Å². The highest BCUT2D eigenvalue weighted by molar-refractivity contribution is 6.16. The van der Waals surface area contributed by atoms with Crippen molar-refractivity contribution in [1.29, 1.82) is 0 Å². The van der Waals surface area contributed by atoms with E-state index in [1.807, 2.05) is 57.1 Å². The number of carbonyl (C=O) groups is 2. The summed E-state index contributed by atoms with van der Waals surface area (Å²) in [7, 11) is 5.38. The Morgan fingerprint density at radius 2 is 1.89 bits per heavy atom. The van der Waals surface area contributed by atoms with Crippen LogP contribution in [0, 0.1) is 0 Å². The van der Waals surface area contributed by atoms with E-state index < -0.39 is 23.5 Å². The molecule has 0 fully saturated rings. The van der Waals surface area contributed by atoms with Crippen LogP contribution in [0.2, 0.25) is 0 Å². The number of fused-ring (bicyclic) bond motifs is 1. The van der Waals surface area contributed by atoms with E-state index in [9.17, 15) is 14.7 Å². The predicted molar refractivity (Wildman–Crippen MR) is 133 cm³/mol. The minimum atomic E-state index is -0.780. The van der Waals surface area contributed by atoms with Crippen LogP contribution >= 0.6 is 0 Å². The van der Waals surface area contributed by atoms with E-state index >= 15 is 0 Å². The molecule has 1 unspecified atom stereocenters. The standard InChI is InChI=1S/C27H30N2O6/c1-16(2)34-14-13-29-23(17-9-11-19(12-10-17)28(3)4)22(25(31)27(29)32)24(30)21-15-18-7-6-8-20(33-5)26(18)35-21/h6-12,15-16,23,31H,13-14H2,1-5H3. The van der Waals surface area contributed by atoms with Crippen molar-refractivity contribution < 1.29 is 28.6 Å². The van der Waals surface area contributed by atoms with E-state index in [2.05, 4.69) is 0 Å². The Kier molecular flexibility index (Phi) is 6.84. The first-order valence-corrected chi connectivity index (χ1v) is 11.5. The number of rotatable bonds is 9. The van der Waals surface area contributed by atoms with Gasteiger partial charge in [0.25, 0.3) is 5.91 Å². The molecule has 1 aromatic heterocycles. The Morgan fingerprint density at radius 1 is 1.17 bits per heavy atom.